The number of terminal acetylenes is 1. The Kier molecular flexibility index (Phi) is 9.66. The van der Waals surface area contributed by atoms with Crippen LogP contribution in [0, 0.1) is 12.3 Å². The number of azide groups is 1. The van der Waals surface area contributed by atoms with E-state index in [0.29, 0.717) is 4.90 Å². The third kappa shape index (κ3) is 5.93. The third-order valence-electron chi connectivity index (χ3n) is 4.60. The summed E-state index contributed by atoms with van der Waals surface area (Å²) in [6, 6.07) is -4.29. The number of carbonyl (C=O) groups excluding carboxylic acids is 5. The van der Waals surface area contributed by atoms with Gasteiger partial charge in [0.05, 0.1) is 0 Å². The zero-order valence-electron chi connectivity index (χ0n) is 17.5. The molecule has 0 saturated carbocycles. The molecule has 2 aliphatic rings. The summed E-state index contributed by atoms with van der Waals surface area (Å²) in [5, 5.41) is 7.21. The van der Waals surface area contributed by atoms with Crippen molar-refractivity contribution in [2.45, 2.75) is 31.6 Å². The summed E-state index contributed by atoms with van der Waals surface area (Å²) in [7, 11) is -5.30. The Labute approximate surface area is 209 Å². The molecule has 0 aromatic rings. The number of β-lactam (4-membered cyclic amide) rings is 1. The van der Waals surface area contributed by atoms with Gasteiger partial charge in [-0.2, -0.15) is 0 Å². The molecule has 0 aromatic carbocycles. The zero-order valence-corrected chi connectivity index (χ0v) is 20.3. The summed E-state index contributed by atoms with van der Waals surface area (Å²) in [4.78, 5) is 65.1. The average Bonchev–Trinajstić information content (AvgIpc) is 2.72. The molecule has 2 rings (SSSR count). The van der Waals surface area contributed by atoms with Crippen molar-refractivity contribution in [3.05, 3.63) is 10.4 Å². The summed E-state index contributed by atoms with van der Waals surface area (Å²) in [5.41, 5.74) is 8.52. The Morgan fingerprint density at radius 2 is 1.97 bits per heavy atom. The first kappa shape index (κ1) is 28.2. The van der Waals surface area contributed by atoms with Gasteiger partial charge in [0.25, 0.3) is 5.91 Å². The molecule has 3 atom stereocenters. The van der Waals surface area contributed by atoms with Gasteiger partial charge in [-0.05, 0) is 12.5 Å². The molecule has 2 N–H and O–H groups in total. The molecule has 33 heavy (non-hydrogen) atoms. The quantitative estimate of drug-likeness (QED) is 0.0507. The maximum atomic E-state index is 12.5. The fourth-order valence-electron chi connectivity index (χ4n) is 2.97. The Balaban J connectivity index is 0.00000544. The van der Waals surface area contributed by atoms with Crippen LogP contribution in [0.5, 0.6) is 0 Å². The molecule has 1 unspecified atom stereocenters. The summed E-state index contributed by atoms with van der Waals surface area (Å²) < 4.78 is 33.1. The number of nitrogens with one attached hydrogen (secondary N) is 2. The Morgan fingerprint density at radius 3 is 2.48 bits per heavy atom. The fourth-order valence-corrected chi connectivity index (χ4v) is 3.73. The minimum Gasteiger partial charge on any atom is -0.731 e. The molecule has 0 aliphatic carbocycles. The summed E-state index contributed by atoms with van der Waals surface area (Å²) in [6.07, 6.45) is 2.92. The van der Waals surface area contributed by atoms with Crippen molar-refractivity contribution in [1.82, 2.24) is 24.7 Å². The topological polar surface area (TPSA) is 225 Å². The Bertz CT molecular complexity index is 1050. The molecule has 6 amide bonds. The van der Waals surface area contributed by atoms with E-state index < -0.39 is 64.6 Å². The number of carbonyl (C=O) groups is 5. The molecule has 2 fully saturated rings. The van der Waals surface area contributed by atoms with Crippen LogP contribution in [0.3, 0.4) is 0 Å². The van der Waals surface area contributed by atoms with Crippen molar-refractivity contribution >= 4 is 40.0 Å². The minimum atomic E-state index is -5.30. The van der Waals surface area contributed by atoms with Crippen LogP contribution < -0.4 is 40.2 Å². The van der Waals surface area contributed by atoms with Crippen LogP contribution >= 0.6 is 0 Å². The summed E-state index contributed by atoms with van der Waals surface area (Å²) in [6.45, 7) is 1.87. The Morgan fingerprint density at radius 1 is 1.33 bits per heavy atom. The molecule has 0 spiro atoms. The Hall–Kier alpha value is -2.87. The van der Waals surface area contributed by atoms with E-state index in [-0.39, 0.29) is 53.5 Å². The molecule has 16 nitrogen and oxygen atoms in total. The number of piperazine rings is 1. The van der Waals surface area contributed by atoms with Crippen molar-refractivity contribution in [3.8, 4) is 12.3 Å². The van der Waals surface area contributed by atoms with Crippen LogP contribution in [0.1, 0.15) is 13.3 Å². The average molecular weight is 492 g/mol. The number of amides is 6. The molecular formula is C15H17N8NaO8S. The second-order valence-corrected chi connectivity index (χ2v) is 7.70. The van der Waals surface area contributed by atoms with E-state index >= 15 is 0 Å². The monoisotopic (exact) mass is 492 g/mol. The van der Waals surface area contributed by atoms with E-state index in [1.54, 1.807) is 6.92 Å². The molecule has 0 aromatic heterocycles. The maximum absolute atomic E-state index is 12.5. The molecule has 172 valence electrons. The minimum absolute atomic E-state index is 0. The van der Waals surface area contributed by atoms with Gasteiger partial charge >= 0.3 is 47.4 Å². The standard InChI is InChI=1S/C15H18N8O8S.Na/c1-3-5-8(17-15(28)22-7-6-21(4-2)13(26)14(22)27)11(24)18-9-10(19-20-16)23(12(9)25)32(29,30)31;/h1,8-10H,4-7H2,2H3,(H,17,28)(H,18,24)(H,29,30,31);/q;+1/p-1/t8?,9-,10-;/m0./s1. The summed E-state index contributed by atoms with van der Waals surface area (Å²) in [5.74, 6) is -2.34. The first-order chi connectivity index (χ1) is 15.0. The van der Waals surface area contributed by atoms with Gasteiger partial charge in [0, 0.05) is 31.0 Å². The van der Waals surface area contributed by atoms with Crippen molar-refractivity contribution in [2.24, 2.45) is 5.11 Å². The van der Waals surface area contributed by atoms with Crippen LogP contribution in [-0.4, -0.2) is 94.6 Å². The maximum Gasteiger partial charge on any atom is 1.00 e. The second kappa shape index (κ2) is 11.3. The fraction of sp³-hybridized carbons (Fsp3) is 0.533. The van der Waals surface area contributed by atoms with Crippen LogP contribution in [0.4, 0.5) is 4.79 Å². The van der Waals surface area contributed by atoms with Gasteiger partial charge in [-0.15, -0.1) is 12.3 Å². The number of urea groups is 1. The number of hydrogen-bond donors (Lipinski definition) is 2. The van der Waals surface area contributed by atoms with Crippen LogP contribution in [0.2, 0.25) is 0 Å². The number of hydrogen-bond acceptors (Lipinski definition) is 9. The van der Waals surface area contributed by atoms with Crippen molar-refractivity contribution in [2.75, 3.05) is 19.6 Å². The molecule has 2 heterocycles. The van der Waals surface area contributed by atoms with Crippen molar-refractivity contribution in [3.63, 3.8) is 0 Å². The van der Waals surface area contributed by atoms with Gasteiger partial charge in [-0.25, -0.2) is 17.5 Å². The first-order valence-electron chi connectivity index (χ1n) is 8.96. The van der Waals surface area contributed by atoms with Gasteiger partial charge in [-0.3, -0.25) is 24.1 Å². The normalized spacial score (nSPS) is 21.1. The molecular weight excluding hydrogens is 475 g/mol. The van der Waals surface area contributed by atoms with Gasteiger partial charge in [-0.1, -0.05) is 5.11 Å². The van der Waals surface area contributed by atoms with E-state index in [9.17, 15) is 36.9 Å². The van der Waals surface area contributed by atoms with E-state index in [0.717, 1.165) is 0 Å². The third-order valence-corrected chi connectivity index (χ3v) is 5.48. The predicted octanol–water partition coefficient (Wildman–Crippen LogP) is -5.79. The van der Waals surface area contributed by atoms with E-state index in [1.807, 2.05) is 5.32 Å². The van der Waals surface area contributed by atoms with Gasteiger partial charge in [0.15, 0.2) is 16.5 Å². The number of imide groups is 1. The molecule has 0 bridgehead atoms. The van der Waals surface area contributed by atoms with Crippen LogP contribution in [0.25, 0.3) is 10.4 Å². The number of nitrogens with zero attached hydrogens (tertiary/aromatic N) is 6. The van der Waals surface area contributed by atoms with E-state index in [4.69, 9.17) is 12.0 Å². The van der Waals surface area contributed by atoms with Gasteiger partial charge in [0.2, 0.25) is 5.91 Å². The molecule has 0 radical (unpaired) electrons. The van der Waals surface area contributed by atoms with Gasteiger partial charge in [0.1, 0.15) is 12.1 Å². The number of rotatable bonds is 7. The SMILES string of the molecule is C#CCC(NC(=O)N1CCN(CC)C(=O)C1=O)C(=O)N[C@@H]1C(=O)N(S(=O)(=O)[O-])[C@@H]1N=[N+]=[N-].[Na+]. The first-order valence-corrected chi connectivity index (χ1v) is 10.3. The predicted molar refractivity (Wildman–Crippen MR) is 101 cm³/mol. The van der Waals surface area contributed by atoms with Crippen LogP contribution in [0.15, 0.2) is 5.11 Å². The van der Waals surface area contributed by atoms with Crippen LogP contribution in [-0.2, 0) is 29.5 Å². The smallest absolute Gasteiger partial charge is 0.731 e. The molecule has 18 heteroatoms. The second-order valence-electron chi connectivity index (χ2n) is 6.45. The number of likely N-dealkylation sites (N-methyl/N-ethyl adjacent to an activating group) is 1. The van der Waals surface area contributed by atoms with Gasteiger partial charge < -0.3 is 20.1 Å². The van der Waals surface area contributed by atoms with Crippen molar-refractivity contribution < 1.29 is 66.5 Å². The van der Waals surface area contributed by atoms with E-state index in [2.05, 4.69) is 21.3 Å². The van der Waals surface area contributed by atoms with Crippen molar-refractivity contribution in [1.29, 1.82) is 0 Å². The zero-order chi connectivity index (χ0) is 24.2. The summed E-state index contributed by atoms with van der Waals surface area (Å²) >= 11 is 0. The molecule has 2 aliphatic heterocycles. The largest absolute Gasteiger partial charge is 1.00 e. The molecule has 2 saturated heterocycles. The van der Waals surface area contributed by atoms with E-state index in [1.165, 1.54) is 4.90 Å².